The lowest BCUT2D eigenvalue weighted by atomic mass is 10.0. The molecule has 0 aliphatic carbocycles. The Bertz CT molecular complexity index is 894. The monoisotopic (exact) mass is 360 g/mol. The summed E-state index contributed by atoms with van der Waals surface area (Å²) in [6.45, 7) is 3.75. The Labute approximate surface area is 159 Å². The predicted octanol–water partition coefficient (Wildman–Crippen LogP) is 3.84. The van der Waals surface area contributed by atoms with Crippen molar-refractivity contribution in [3.8, 4) is 0 Å². The molecule has 0 radical (unpaired) electrons. The minimum Gasteiger partial charge on any atom is -0.368 e. The van der Waals surface area contributed by atoms with Gasteiger partial charge in [0.1, 0.15) is 5.82 Å². The molecule has 27 heavy (non-hydrogen) atoms. The summed E-state index contributed by atoms with van der Waals surface area (Å²) >= 11 is 0. The smallest absolute Gasteiger partial charge is 0.232 e. The van der Waals surface area contributed by atoms with Gasteiger partial charge in [-0.3, -0.25) is 4.90 Å². The van der Waals surface area contributed by atoms with Crippen molar-refractivity contribution >= 4 is 17.6 Å². The van der Waals surface area contributed by atoms with Crippen molar-refractivity contribution in [2.24, 2.45) is 0 Å². The number of hydrogen-bond donors (Lipinski definition) is 2. The summed E-state index contributed by atoms with van der Waals surface area (Å²) < 4.78 is 0. The van der Waals surface area contributed by atoms with Crippen molar-refractivity contribution in [1.29, 1.82) is 0 Å². The highest BCUT2D eigenvalue weighted by Gasteiger charge is 2.26. The van der Waals surface area contributed by atoms with E-state index in [0.717, 1.165) is 18.7 Å². The number of aromatic nitrogens is 3. The lowest BCUT2D eigenvalue weighted by molar-refractivity contribution is 0.242. The Balaban J connectivity index is 1.52. The highest BCUT2D eigenvalue weighted by Crippen LogP contribution is 2.32. The number of anilines is 3. The Kier molecular flexibility index (Phi) is 4.98. The quantitative estimate of drug-likeness (QED) is 0.719. The molecular formula is C21H24N6. The van der Waals surface area contributed by atoms with Gasteiger partial charge in [0.05, 0.1) is 6.54 Å². The third-order valence-electron chi connectivity index (χ3n) is 4.90. The standard InChI is InChI=1S/C21H24N6/c1-15-9-11-17(12-10-15)23-21-25-19(24-20(22)26-21)14-27-13-5-8-18(27)16-6-3-2-4-7-16/h2-4,6-7,9-12,18H,5,8,13-14H2,1H3,(H3,22,23,24,25,26). The summed E-state index contributed by atoms with van der Waals surface area (Å²) in [5.41, 5.74) is 9.42. The molecule has 1 unspecified atom stereocenters. The van der Waals surface area contributed by atoms with Crippen LogP contribution in [0.4, 0.5) is 17.6 Å². The largest absolute Gasteiger partial charge is 0.368 e. The van der Waals surface area contributed by atoms with Gasteiger partial charge in [0, 0.05) is 11.7 Å². The molecule has 1 saturated heterocycles. The van der Waals surface area contributed by atoms with Crippen LogP contribution in [0.2, 0.25) is 0 Å². The molecule has 1 aliphatic rings. The molecule has 1 fully saturated rings. The van der Waals surface area contributed by atoms with Crippen LogP contribution in [0.3, 0.4) is 0 Å². The Morgan fingerprint density at radius 3 is 2.59 bits per heavy atom. The van der Waals surface area contributed by atoms with Crippen molar-refractivity contribution < 1.29 is 0 Å². The van der Waals surface area contributed by atoms with Crippen molar-refractivity contribution in [2.75, 3.05) is 17.6 Å². The zero-order chi connectivity index (χ0) is 18.6. The number of nitrogen functional groups attached to an aromatic ring is 1. The van der Waals surface area contributed by atoms with Gasteiger partial charge in [0.25, 0.3) is 0 Å². The van der Waals surface area contributed by atoms with E-state index in [-0.39, 0.29) is 5.95 Å². The topological polar surface area (TPSA) is 80.0 Å². The van der Waals surface area contributed by atoms with Crippen LogP contribution in [0, 0.1) is 6.92 Å². The number of nitrogens with zero attached hydrogens (tertiary/aromatic N) is 4. The molecule has 1 aliphatic heterocycles. The molecule has 0 amide bonds. The summed E-state index contributed by atoms with van der Waals surface area (Å²) in [7, 11) is 0. The lowest BCUT2D eigenvalue weighted by Gasteiger charge is -2.24. The fourth-order valence-corrected chi connectivity index (χ4v) is 3.58. The first-order valence-corrected chi connectivity index (χ1v) is 9.30. The van der Waals surface area contributed by atoms with E-state index in [2.05, 4.69) is 62.4 Å². The maximum Gasteiger partial charge on any atom is 0.232 e. The third-order valence-corrected chi connectivity index (χ3v) is 4.90. The highest BCUT2D eigenvalue weighted by atomic mass is 15.2. The minimum absolute atomic E-state index is 0.241. The number of nitrogens with one attached hydrogen (secondary N) is 1. The van der Waals surface area contributed by atoms with Gasteiger partial charge >= 0.3 is 0 Å². The van der Waals surface area contributed by atoms with Gasteiger partial charge in [-0.2, -0.15) is 15.0 Å². The molecule has 3 aromatic rings. The van der Waals surface area contributed by atoms with Crippen molar-refractivity contribution in [3.05, 3.63) is 71.5 Å². The number of hydrogen-bond acceptors (Lipinski definition) is 6. The summed E-state index contributed by atoms with van der Waals surface area (Å²) in [6.07, 6.45) is 2.33. The molecule has 0 bridgehead atoms. The Hall–Kier alpha value is -2.99. The van der Waals surface area contributed by atoms with Crippen LogP contribution < -0.4 is 11.1 Å². The summed E-state index contributed by atoms with van der Waals surface area (Å²) in [5, 5.41) is 3.22. The molecule has 3 N–H and O–H groups in total. The second-order valence-electron chi connectivity index (χ2n) is 6.96. The molecular weight excluding hydrogens is 336 g/mol. The van der Waals surface area contributed by atoms with Gasteiger partial charge in [0.15, 0.2) is 0 Å². The van der Waals surface area contributed by atoms with E-state index in [1.54, 1.807) is 0 Å². The molecule has 1 aromatic heterocycles. The average Bonchev–Trinajstić information content (AvgIpc) is 3.12. The first-order valence-electron chi connectivity index (χ1n) is 9.30. The lowest BCUT2D eigenvalue weighted by Crippen LogP contribution is -2.24. The fraction of sp³-hybridized carbons (Fsp3) is 0.286. The average molecular weight is 360 g/mol. The molecule has 2 heterocycles. The van der Waals surface area contributed by atoms with Crippen LogP contribution in [-0.4, -0.2) is 26.4 Å². The van der Waals surface area contributed by atoms with E-state index in [0.29, 0.717) is 24.4 Å². The van der Waals surface area contributed by atoms with Gasteiger partial charge in [0.2, 0.25) is 11.9 Å². The van der Waals surface area contributed by atoms with Crippen LogP contribution in [0.1, 0.15) is 35.8 Å². The van der Waals surface area contributed by atoms with E-state index in [4.69, 9.17) is 5.73 Å². The molecule has 4 rings (SSSR count). The molecule has 0 spiro atoms. The fourth-order valence-electron chi connectivity index (χ4n) is 3.58. The Morgan fingerprint density at radius 1 is 1.04 bits per heavy atom. The molecule has 0 saturated carbocycles. The number of likely N-dealkylation sites (tertiary alicyclic amines) is 1. The second kappa shape index (κ2) is 7.72. The van der Waals surface area contributed by atoms with Crippen LogP contribution in [0.25, 0.3) is 0 Å². The van der Waals surface area contributed by atoms with E-state index < -0.39 is 0 Å². The number of rotatable bonds is 5. The Morgan fingerprint density at radius 2 is 1.81 bits per heavy atom. The normalized spacial score (nSPS) is 17.1. The van der Waals surface area contributed by atoms with E-state index in [1.165, 1.54) is 17.5 Å². The van der Waals surface area contributed by atoms with E-state index >= 15 is 0 Å². The van der Waals surface area contributed by atoms with E-state index in [9.17, 15) is 0 Å². The van der Waals surface area contributed by atoms with Crippen molar-refractivity contribution in [3.63, 3.8) is 0 Å². The number of nitrogens with two attached hydrogens (primary N) is 1. The summed E-state index contributed by atoms with van der Waals surface area (Å²) in [5.74, 6) is 1.42. The summed E-state index contributed by atoms with van der Waals surface area (Å²) in [6, 6.07) is 19.1. The van der Waals surface area contributed by atoms with Gasteiger partial charge in [-0.15, -0.1) is 0 Å². The van der Waals surface area contributed by atoms with Crippen molar-refractivity contribution in [1.82, 2.24) is 19.9 Å². The van der Waals surface area contributed by atoms with Crippen LogP contribution in [0.15, 0.2) is 54.6 Å². The van der Waals surface area contributed by atoms with Crippen molar-refractivity contribution in [2.45, 2.75) is 32.4 Å². The third kappa shape index (κ3) is 4.23. The van der Waals surface area contributed by atoms with Crippen LogP contribution >= 0.6 is 0 Å². The molecule has 138 valence electrons. The molecule has 6 nitrogen and oxygen atoms in total. The van der Waals surface area contributed by atoms with Gasteiger partial charge < -0.3 is 11.1 Å². The van der Waals surface area contributed by atoms with Crippen LogP contribution in [-0.2, 0) is 6.54 Å². The van der Waals surface area contributed by atoms with E-state index in [1.807, 2.05) is 24.3 Å². The predicted molar refractivity (Wildman–Crippen MR) is 108 cm³/mol. The summed E-state index contributed by atoms with van der Waals surface area (Å²) in [4.78, 5) is 15.6. The number of benzene rings is 2. The molecule has 1 atom stereocenters. The van der Waals surface area contributed by atoms with Crippen LogP contribution in [0.5, 0.6) is 0 Å². The molecule has 6 heteroatoms. The zero-order valence-electron chi connectivity index (χ0n) is 15.5. The van der Waals surface area contributed by atoms with Gasteiger partial charge in [-0.25, -0.2) is 0 Å². The number of aryl methyl sites for hydroxylation is 1. The SMILES string of the molecule is Cc1ccc(Nc2nc(N)nc(CN3CCCC3c3ccccc3)n2)cc1. The maximum absolute atomic E-state index is 5.94. The minimum atomic E-state index is 0.241. The zero-order valence-corrected chi connectivity index (χ0v) is 15.5. The highest BCUT2D eigenvalue weighted by molar-refractivity contribution is 5.54. The second-order valence-corrected chi connectivity index (χ2v) is 6.96. The maximum atomic E-state index is 5.94. The first kappa shape index (κ1) is 17.4. The first-order chi connectivity index (χ1) is 13.2. The van der Waals surface area contributed by atoms with Gasteiger partial charge in [-0.1, -0.05) is 48.0 Å². The van der Waals surface area contributed by atoms with Gasteiger partial charge in [-0.05, 0) is 44.0 Å². The molecule has 2 aromatic carbocycles.